The summed E-state index contributed by atoms with van der Waals surface area (Å²) in [6.45, 7) is 4.85. The zero-order valence-corrected chi connectivity index (χ0v) is 14.7. The number of ether oxygens (including phenoxy) is 2. The number of nitriles is 1. The molecule has 0 saturated carbocycles. The third-order valence-corrected chi connectivity index (χ3v) is 3.87. The van der Waals surface area contributed by atoms with E-state index in [0.717, 1.165) is 0 Å². The number of pyridine rings is 1. The van der Waals surface area contributed by atoms with Gasteiger partial charge in [-0.25, -0.2) is 18.6 Å². The van der Waals surface area contributed by atoms with Gasteiger partial charge in [-0.05, 0) is 32.4 Å². The molecule has 0 unspecified atom stereocenters. The van der Waals surface area contributed by atoms with Crippen LogP contribution in [0.2, 0.25) is 0 Å². The van der Waals surface area contributed by atoms with Gasteiger partial charge in [0.2, 0.25) is 5.88 Å². The van der Waals surface area contributed by atoms with Crippen molar-refractivity contribution >= 4 is 6.09 Å². The van der Waals surface area contributed by atoms with Gasteiger partial charge in [-0.3, -0.25) is 0 Å². The third kappa shape index (κ3) is 4.35. The average Bonchev–Trinajstić information content (AvgIpc) is 2.52. The molecule has 1 saturated heterocycles. The Morgan fingerprint density at radius 3 is 2.72 bits per heavy atom. The van der Waals surface area contributed by atoms with E-state index < -0.39 is 30.0 Å². The molecule has 0 spiro atoms. The molecule has 0 aromatic carbocycles. The molecule has 8 heteroatoms. The van der Waals surface area contributed by atoms with Gasteiger partial charge in [-0.15, -0.1) is 0 Å². The Bertz CT molecular complexity index is 695. The van der Waals surface area contributed by atoms with E-state index >= 15 is 0 Å². The molecular formula is C17H21F2N3O3. The van der Waals surface area contributed by atoms with Gasteiger partial charge in [-0.1, -0.05) is 0 Å². The van der Waals surface area contributed by atoms with Gasteiger partial charge < -0.3 is 14.4 Å². The smallest absolute Gasteiger partial charge is 0.410 e. The normalized spacial score (nSPS) is 19.9. The summed E-state index contributed by atoms with van der Waals surface area (Å²) >= 11 is 0. The molecular weight excluding hydrogens is 332 g/mol. The molecule has 136 valence electrons. The largest absolute Gasteiger partial charge is 0.480 e. The van der Waals surface area contributed by atoms with Crippen molar-refractivity contribution in [2.24, 2.45) is 0 Å². The topological polar surface area (TPSA) is 75.4 Å². The number of likely N-dealkylation sites (tertiary alicyclic amines) is 1. The van der Waals surface area contributed by atoms with Crippen LogP contribution in [-0.2, 0) is 4.74 Å². The van der Waals surface area contributed by atoms with Crippen LogP contribution in [0.25, 0.3) is 0 Å². The first-order valence-electron chi connectivity index (χ1n) is 7.87. The summed E-state index contributed by atoms with van der Waals surface area (Å²) in [5.41, 5.74) is -0.442. The Morgan fingerprint density at radius 2 is 2.16 bits per heavy atom. The van der Waals surface area contributed by atoms with Gasteiger partial charge >= 0.3 is 6.09 Å². The minimum atomic E-state index is -3.01. The monoisotopic (exact) mass is 353 g/mol. The first-order chi connectivity index (χ1) is 11.6. The Balaban J connectivity index is 2.28. The van der Waals surface area contributed by atoms with Gasteiger partial charge in [0, 0.05) is 25.7 Å². The Hall–Kier alpha value is -2.43. The maximum absolute atomic E-state index is 14.4. The fourth-order valence-electron chi connectivity index (χ4n) is 2.65. The molecule has 6 nitrogen and oxygen atoms in total. The van der Waals surface area contributed by atoms with Crippen molar-refractivity contribution in [1.29, 1.82) is 5.26 Å². The molecule has 2 rings (SSSR count). The molecule has 0 N–H and O–H groups in total. The van der Waals surface area contributed by atoms with E-state index in [-0.39, 0.29) is 30.1 Å². The first kappa shape index (κ1) is 18.9. The quantitative estimate of drug-likeness (QED) is 0.815. The summed E-state index contributed by atoms with van der Waals surface area (Å²) in [6.07, 6.45) is 0.150. The fraction of sp³-hybridized carbons (Fsp3) is 0.588. The molecule has 1 fully saturated rings. The Labute approximate surface area is 145 Å². The van der Waals surface area contributed by atoms with Crippen molar-refractivity contribution in [3.05, 3.63) is 23.4 Å². The van der Waals surface area contributed by atoms with Gasteiger partial charge in [-0.2, -0.15) is 5.26 Å². The van der Waals surface area contributed by atoms with Crippen molar-refractivity contribution in [1.82, 2.24) is 9.88 Å². The van der Waals surface area contributed by atoms with Gasteiger partial charge in [0.1, 0.15) is 17.2 Å². The highest BCUT2D eigenvalue weighted by Gasteiger charge is 2.47. The van der Waals surface area contributed by atoms with Crippen LogP contribution in [-0.4, -0.2) is 47.7 Å². The lowest BCUT2D eigenvalue weighted by atomic mass is 9.87. The number of rotatable bonds is 2. The average molecular weight is 353 g/mol. The summed E-state index contributed by atoms with van der Waals surface area (Å²) < 4.78 is 39.1. The maximum Gasteiger partial charge on any atom is 0.410 e. The second-order valence-electron chi connectivity index (χ2n) is 6.93. The minimum Gasteiger partial charge on any atom is -0.480 e. The van der Waals surface area contributed by atoms with Crippen LogP contribution in [0.4, 0.5) is 13.6 Å². The van der Waals surface area contributed by atoms with E-state index in [0.29, 0.717) is 0 Å². The lowest BCUT2D eigenvalue weighted by molar-refractivity contribution is -0.0771. The zero-order valence-electron chi connectivity index (χ0n) is 14.7. The van der Waals surface area contributed by atoms with E-state index in [1.807, 2.05) is 6.07 Å². The molecule has 1 amide bonds. The number of aromatic nitrogens is 1. The van der Waals surface area contributed by atoms with Crippen LogP contribution >= 0.6 is 0 Å². The third-order valence-electron chi connectivity index (χ3n) is 3.87. The molecule has 0 radical (unpaired) electrons. The Kier molecular flexibility index (Phi) is 5.16. The van der Waals surface area contributed by atoms with E-state index in [9.17, 15) is 13.6 Å². The number of hydrogen-bond donors (Lipinski definition) is 0. The lowest BCUT2D eigenvalue weighted by Gasteiger charge is -2.39. The van der Waals surface area contributed by atoms with Gasteiger partial charge in [0.25, 0.3) is 5.92 Å². The molecule has 1 aliphatic rings. The molecule has 1 atom stereocenters. The summed E-state index contributed by atoms with van der Waals surface area (Å²) in [5, 5.41) is 9.13. The number of alkyl halides is 2. The van der Waals surface area contributed by atoms with Crippen molar-refractivity contribution in [2.75, 3.05) is 20.2 Å². The van der Waals surface area contributed by atoms with Crippen LogP contribution in [0, 0.1) is 11.3 Å². The number of nitrogens with zero attached hydrogens (tertiary/aromatic N) is 3. The lowest BCUT2D eigenvalue weighted by Crippen LogP contribution is -2.49. The summed E-state index contributed by atoms with van der Waals surface area (Å²) in [5.74, 6) is -4.20. The van der Waals surface area contributed by atoms with Gasteiger partial charge in [0.15, 0.2) is 0 Å². The number of amides is 1. The number of carbonyl (C=O) groups excluding carboxylic acids is 1. The van der Waals surface area contributed by atoms with Crippen LogP contribution in [0.5, 0.6) is 5.88 Å². The Morgan fingerprint density at radius 1 is 1.48 bits per heavy atom. The predicted octanol–water partition coefficient (Wildman–Crippen LogP) is 3.32. The van der Waals surface area contributed by atoms with Crippen LogP contribution < -0.4 is 4.74 Å². The van der Waals surface area contributed by atoms with E-state index in [1.165, 1.54) is 24.3 Å². The number of piperidine rings is 1. The highest BCUT2D eigenvalue weighted by molar-refractivity contribution is 5.68. The second-order valence-corrected chi connectivity index (χ2v) is 6.93. The van der Waals surface area contributed by atoms with E-state index in [2.05, 4.69) is 4.98 Å². The molecule has 1 aliphatic heterocycles. The van der Waals surface area contributed by atoms with E-state index in [4.69, 9.17) is 14.7 Å². The molecule has 25 heavy (non-hydrogen) atoms. The predicted molar refractivity (Wildman–Crippen MR) is 85.6 cm³/mol. The molecule has 0 bridgehead atoms. The van der Waals surface area contributed by atoms with Crippen molar-refractivity contribution in [3.8, 4) is 11.9 Å². The molecule has 1 aromatic heterocycles. The number of carbonyl (C=O) groups is 1. The molecule has 1 aromatic rings. The zero-order chi connectivity index (χ0) is 18.8. The fourth-order valence-corrected chi connectivity index (χ4v) is 2.65. The van der Waals surface area contributed by atoms with Crippen LogP contribution in [0.3, 0.4) is 0 Å². The van der Waals surface area contributed by atoms with Crippen molar-refractivity contribution < 1.29 is 23.0 Å². The maximum atomic E-state index is 14.4. The minimum absolute atomic E-state index is 0.0743. The summed E-state index contributed by atoms with van der Waals surface area (Å²) in [4.78, 5) is 17.4. The van der Waals surface area contributed by atoms with Gasteiger partial charge in [0.05, 0.1) is 13.0 Å². The van der Waals surface area contributed by atoms with E-state index in [1.54, 1.807) is 20.8 Å². The van der Waals surface area contributed by atoms with Crippen LogP contribution in [0.15, 0.2) is 12.3 Å². The number of hydrogen-bond acceptors (Lipinski definition) is 5. The number of halogens is 2. The van der Waals surface area contributed by atoms with Crippen molar-refractivity contribution in [3.63, 3.8) is 0 Å². The molecule has 0 aliphatic carbocycles. The highest BCUT2D eigenvalue weighted by Crippen LogP contribution is 2.41. The highest BCUT2D eigenvalue weighted by atomic mass is 19.3. The van der Waals surface area contributed by atoms with Crippen molar-refractivity contribution in [2.45, 2.75) is 44.6 Å². The number of methoxy groups -OCH3 is 1. The molecule has 2 heterocycles. The SMILES string of the molecule is COc1ncc([C@H]2CN(C(=O)OC(C)(C)C)CCC2(F)F)cc1C#N. The first-order valence-corrected chi connectivity index (χ1v) is 7.87. The summed E-state index contributed by atoms with van der Waals surface area (Å²) in [6, 6.07) is 3.22. The van der Waals surface area contributed by atoms with Crippen LogP contribution in [0.1, 0.15) is 44.2 Å². The summed E-state index contributed by atoms with van der Waals surface area (Å²) in [7, 11) is 1.35. The standard InChI is InChI=1S/C17H21F2N3O3/c1-16(2,3)25-15(23)22-6-5-17(18,19)13(10-22)12-7-11(8-20)14(24-4)21-9-12/h7,9,13H,5-6,10H2,1-4H3/t13-/m1/s1. The second kappa shape index (κ2) is 6.82.